The summed E-state index contributed by atoms with van der Waals surface area (Å²) in [5.74, 6) is -3.02. The first-order valence-corrected chi connectivity index (χ1v) is 5.59. The Morgan fingerprint density at radius 2 is 2.00 bits per heavy atom. The van der Waals surface area contributed by atoms with Crippen LogP contribution in [0.3, 0.4) is 0 Å². The highest BCUT2D eigenvalue weighted by Crippen LogP contribution is 2.30. The lowest BCUT2D eigenvalue weighted by Crippen LogP contribution is -2.15. The van der Waals surface area contributed by atoms with Crippen molar-refractivity contribution in [3.63, 3.8) is 0 Å². The smallest absolute Gasteiger partial charge is 0.354 e. The van der Waals surface area contributed by atoms with Gasteiger partial charge in [-0.2, -0.15) is 0 Å². The van der Waals surface area contributed by atoms with E-state index in [1.54, 1.807) is 0 Å². The lowest BCUT2D eigenvalue weighted by Gasteiger charge is -2.11. The van der Waals surface area contributed by atoms with Crippen molar-refractivity contribution in [1.82, 2.24) is 0 Å². The number of rotatable bonds is 4. The number of benzene rings is 1. The van der Waals surface area contributed by atoms with Gasteiger partial charge in [-0.25, -0.2) is 14.0 Å². The summed E-state index contributed by atoms with van der Waals surface area (Å²) < 4.78 is 21.9. The third kappa shape index (κ3) is 3.86. The van der Waals surface area contributed by atoms with Gasteiger partial charge >= 0.3 is 11.9 Å². The Balaban J connectivity index is 3.14. The molecule has 6 nitrogen and oxygen atoms in total. The number of carbonyl (C=O) groups is 2. The fraction of sp³-hybridized carbons (Fsp3) is 0.167. The fourth-order valence-corrected chi connectivity index (χ4v) is 1.38. The molecule has 20 heavy (non-hydrogen) atoms. The summed E-state index contributed by atoms with van der Waals surface area (Å²) in [5, 5.41) is 11.7. The Morgan fingerprint density at radius 3 is 2.55 bits per heavy atom. The first-order valence-electron chi connectivity index (χ1n) is 5.22. The van der Waals surface area contributed by atoms with Crippen molar-refractivity contribution in [2.45, 2.75) is 0 Å². The maximum absolute atomic E-state index is 13.1. The van der Waals surface area contributed by atoms with E-state index in [1.807, 2.05) is 0 Å². The topological polar surface area (TPSA) is 84.9 Å². The predicted octanol–water partition coefficient (Wildman–Crippen LogP) is 1.83. The summed E-state index contributed by atoms with van der Waals surface area (Å²) in [6.45, 7) is 0. The highest BCUT2D eigenvalue weighted by molar-refractivity contribution is 6.31. The molecule has 0 atom stereocenters. The number of carbonyl (C=O) groups excluding carboxylic acids is 2. The Morgan fingerprint density at radius 1 is 1.35 bits per heavy atom. The van der Waals surface area contributed by atoms with Crippen LogP contribution in [-0.4, -0.2) is 31.3 Å². The molecule has 0 radical (unpaired) electrons. The molecule has 1 rings (SSSR count). The minimum absolute atomic E-state index is 0.0723. The summed E-state index contributed by atoms with van der Waals surface area (Å²) in [4.78, 5) is 22.6. The molecule has 0 aliphatic rings. The van der Waals surface area contributed by atoms with Gasteiger partial charge in [0, 0.05) is 6.07 Å². The van der Waals surface area contributed by atoms with Gasteiger partial charge in [0.15, 0.2) is 0 Å². The lowest BCUT2D eigenvalue weighted by atomic mass is 10.2. The molecule has 0 bridgehead atoms. The standard InChI is InChI=1S/C12H11ClFNO5/c1-19-11(17)5-9(12(18)20-2)15-8-3-6(13)7(14)4-10(8)16/h3-5,15-16H,1-2H3/b9-5+. The van der Waals surface area contributed by atoms with E-state index in [0.29, 0.717) is 0 Å². The number of hydrogen-bond donors (Lipinski definition) is 2. The average Bonchev–Trinajstić information content (AvgIpc) is 2.42. The molecule has 2 N–H and O–H groups in total. The van der Waals surface area contributed by atoms with Gasteiger partial charge in [-0.1, -0.05) is 11.6 Å². The van der Waals surface area contributed by atoms with Crippen molar-refractivity contribution in [3.8, 4) is 5.75 Å². The van der Waals surface area contributed by atoms with Crippen molar-refractivity contribution in [1.29, 1.82) is 0 Å². The van der Waals surface area contributed by atoms with E-state index in [1.165, 1.54) is 0 Å². The fourth-order valence-electron chi connectivity index (χ4n) is 1.21. The largest absolute Gasteiger partial charge is 0.506 e. The normalized spacial score (nSPS) is 10.9. The number of phenols is 1. The van der Waals surface area contributed by atoms with Crippen LogP contribution in [0.5, 0.6) is 5.75 Å². The van der Waals surface area contributed by atoms with Gasteiger partial charge in [0.25, 0.3) is 0 Å². The van der Waals surface area contributed by atoms with Crippen LogP contribution in [-0.2, 0) is 19.1 Å². The van der Waals surface area contributed by atoms with Gasteiger partial charge in [-0.3, -0.25) is 0 Å². The van der Waals surface area contributed by atoms with Gasteiger partial charge in [0.2, 0.25) is 0 Å². The number of ether oxygens (including phenoxy) is 2. The molecule has 1 aromatic rings. The molecule has 0 heterocycles. The SMILES string of the molecule is COC(=O)/C=C(/Nc1cc(Cl)c(F)cc1O)C(=O)OC. The molecule has 0 amide bonds. The molecule has 0 aliphatic heterocycles. The van der Waals surface area contributed by atoms with Crippen molar-refractivity contribution < 1.29 is 28.6 Å². The maximum atomic E-state index is 13.1. The molecule has 108 valence electrons. The van der Waals surface area contributed by atoms with Crippen LogP contribution in [0.1, 0.15) is 0 Å². The predicted molar refractivity (Wildman–Crippen MR) is 68.8 cm³/mol. The van der Waals surface area contributed by atoms with Crippen LogP contribution < -0.4 is 5.32 Å². The molecule has 0 saturated carbocycles. The van der Waals surface area contributed by atoms with Crippen molar-refractivity contribution >= 4 is 29.2 Å². The van der Waals surface area contributed by atoms with Gasteiger partial charge in [0.05, 0.1) is 31.0 Å². The van der Waals surface area contributed by atoms with Gasteiger partial charge in [-0.05, 0) is 6.07 Å². The molecular formula is C12H11ClFNO5. The average molecular weight is 304 g/mol. The van der Waals surface area contributed by atoms with Crippen LogP contribution in [0.2, 0.25) is 5.02 Å². The zero-order chi connectivity index (χ0) is 15.3. The van der Waals surface area contributed by atoms with Gasteiger partial charge in [-0.15, -0.1) is 0 Å². The van der Waals surface area contributed by atoms with Crippen LogP contribution >= 0.6 is 11.6 Å². The minimum Gasteiger partial charge on any atom is -0.506 e. The molecular weight excluding hydrogens is 293 g/mol. The Hall–Kier alpha value is -2.28. The second kappa shape index (κ2) is 6.76. The number of nitrogens with one attached hydrogen (secondary N) is 1. The monoisotopic (exact) mass is 303 g/mol. The molecule has 0 aliphatic carbocycles. The van der Waals surface area contributed by atoms with Crippen molar-refractivity contribution in [3.05, 3.63) is 34.7 Å². The summed E-state index contributed by atoms with van der Waals surface area (Å²) in [7, 11) is 2.23. The first kappa shape index (κ1) is 15.8. The van der Waals surface area contributed by atoms with E-state index < -0.39 is 23.5 Å². The number of phenolic OH excluding ortho intramolecular Hbond substituents is 1. The number of hydrogen-bond acceptors (Lipinski definition) is 6. The molecule has 8 heteroatoms. The van der Waals surface area contributed by atoms with E-state index in [2.05, 4.69) is 14.8 Å². The van der Waals surface area contributed by atoms with Crippen LogP contribution in [0.4, 0.5) is 10.1 Å². The molecule has 0 fully saturated rings. The van der Waals surface area contributed by atoms with Crippen LogP contribution in [0, 0.1) is 5.82 Å². The first-order chi connectivity index (χ1) is 9.38. The molecule has 0 saturated heterocycles. The maximum Gasteiger partial charge on any atom is 0.354 e. The Kier molecular flexibility index (Phi) is 5.33. The summed E-state index contributed by atoms with van der Waals surface area (Å²) in [6.07, 6.45) is 0.822. The van der Waals surface area contributed by atoms with Crippen molar-refractivity contribution in [2.75, 3.05) is 19.5 Å². The van der Waals surface area contributed by atoms with Crippen molar-refractivity contribution in [2.24, 2.45) is 0 Å². The Labute approximate surface area is 118 Å². The summed E-state index contributed by atoms with van der Waals surface area (Å²) in [6, 6.07) is 1.82. The van der Waals surface area contributed by atoms with E-state index >= 15 is 0 Å². The van der Waals surface area contributed by atoms with Gasteiger partial charge < -0.3 is 19.9 Å². The molecule has 1 aromatic carbocycles. The highest BCUT2D eigenvalue weighted by Gasteiger charge is 2.16. The van der Waals surface area contributed by atoms with Gasteiger partial charge in [0.1, 0.15) is 17.3 Å². The lowest BCUT2D eigenvalue weighted by molar-refractivity contribution is -0.138. The molecule has 0 spiro atoms. The molecule has 0 unspecified atom stereocenters. The zero-order valence-electron chi connectivity index (χ0n) is 10.6. The third-order valence-corrected chi connectivity index (χ3v) is 2.47. The Bertz CT molecular complexity index is 573. The van der Waals surface area contributed by atoms with E-state index in [4.69, 9.17) is 11.6 Å². The number of esters is 2. The number of methoxy groups -OCH3 is 2. The van der Waals surface area contributed by atoms with Crippen LogP contribution in [0.25, 0.3) is 0 Å². The minimum atomic E-state index is -0.879. The number of aromatic hydroxyl groups is 1. The van der Waals surface area contributed by atoms with E-state index in [9.17, 15) is 19.1 Å². The number of halogens is 2. The molecule has 0 aromatic heterocycles. The third-order valence-electron chi connectivity index (χ3n) is 2.18. The van der Waals surface area contributed by atoms with Crippen LogP contribution in [0.15, 0.2) is 23.9 Å². The second-order valence-electron chi connectivity index (χ2n) is 3.48. The highest BCUT2D eigenvalue weighted by atomic mass is 35.5. The quantitative estimate of drug-likeness (QED) is 0.501. The summed E-state index contributed by atoms with van der Waals surface area (Å²) in [5.41, 5.74) is -0.380. The number of anilines is 1. The van der Waals surface area contributed by atoms with E-state index in [-0.39, 0.29) is 16.4 Å². The summed E-state index contributed by atoms with van der Waals surface area (Å²) >= 11 is 5.56. The zero-order valence-corrected chi connectivity index (χ0v) is 11.3. The van der Waals surface area contributed by atoms with E-state index in [0.717, 1.165) is 32.4 Å². The second-order valence-corrected chi connectivity index (χ2v) is 3.89.